The van der Waals surface area contributed by atoms with Gasteiger partial charge in [0.05, 0.1) is 16.1 Å². The van der Waals surface area contributed by atoms with Crippen molar-refractivity contribution in [2.24, 2.45) is 5.92 Å². The molecule has 0 bridgehead atoms. The normalized spacial score (nSPS) is 10.9. The lowest BCUT2D eigenvalue weighted by atomic mass is 10.1. The summed E-state index contributed by atoms with van der Waals surface area (Å²) in [4.78, 5) is 22.0. The molecule has 0 aliphatic rings. The maximum Gasteiger partial charge on any atom is 0.252 e. The molecule has 1 aromatic carbocycles. The standard InChI is InChI=1S/C21H24N4O2S/c1-14(2)12-23-20(27)16-11-19(28-13-16)18-6-8-22-21(25-18)24-17-5-3-4-15(10-17)7-9-26/h3-6,8,10-11,13-14,26H,7,9,12H2,1-2H3,(H,23,27)(H,22,24,25). The maximum atomic E-state index is 12.2. The van der Waals surface area contributed by atoms with Crippen LogP contribution in [-0.4, -0.2) is 34.1 Å². The van der Waals surface area contributed by atoms with Gasteiger partial charge in [0.2, 0.25) is 5.95 Å². The molecular weight excluding hydrogens is 372 g/mol. The highest BCUT2D eigenvalue weighted by atomic mass is 32.1. The van der Waals surface area contributed by atoms with Gasteiger partial charge in [0.1, 0.15) is 0 Å². The zero-order valence-electron chi connectivity index (χ0n) is 16.0. The zero-order valence-corrected chi connectivity index (χ0v) is 16.8. The first kappa shape index (κ1) is 20.0. The minimum atomic E-state index is -0.0655. The van der Waals surface area contributed by atoms with Gasteiger partial charge in [-0.1, -0.05) is 26.0 Å². The molecule has 0 aliphatic heterocycles. The Morgan fingerprint density at radius 2 is 2.11 bits per heavy atom. The molecule has 2 heterocycles. The molecule has 2 aromatic heterocycles. The van der Waals surface area contributed by atoms with Crippen LogP contribution in [0, 0.1) is 5.92 Å². The Morgan fingerprint density at radius 1 is 1.25 bits per heavy atom. The summed E-state index contributed by atoms with van der Waals surface area (Å²) in [6.45, 7) is 4.89. The lowest BCUT2D eigenvalue weighted by molar-refractivity contribution is 0.0949. The van der Waals surface area contributed by atoms with Crippen molar-refractivity contribution in [2.75, 3.05) is 18.5 Å². The molecule has 0 saturated carbocycles. The molecule has 3 N–H and O–H groups in total. The van der Waals surface area contributed by atoms with Crippen LogP contribution in [0.3, 0.4) is 0 Å². The smallest absolute Gasteiger partial charge is 0.252 e. The first-order valence-electron chi connectivity index (χ1n) is 9.22. The summed E-state index contributed by atoms with van der Waals surface area (Å²) < 4.78 is 0. The van der Waals surface area contributed by atoms with Crippen LogP contribution in [0.1, 0.15) is 29.8 Å². The Morgan fingerprint density at radius 3 is 2.89 bits per heavy atom. The Balaban J connectivity index is 1.73. The highest BCUT2D eigenvalue weighted by Gasteiger charge is 2.11. The number of amides is 1. The molecule has 146 valence electrons. The van der Waals surface area contributed by atoms with Gasteiger partial charge >= 0.3 is 0 Å². The minimum absolute atomic E-state index is 0.0655. The Bertz CT molecular complexity index is 939. The van der Waals surface area contributed by atoms with Crippen LogP contribution in [-0.2, 0) is 6.42 Å². The van der Waals surface area contributed by atoms with E-state index in [1.54, 1.807) is 6.20 Å². The van der Waals surface area contributed by atoms with Crippen LogP contribution in [0.4, 0.5) is 11.6 Å². The number of anilines is 2. The number of nitrogens with zero attached hydrogens (tertiary/aromatic N) is 2. The number of aliphatic hydroxyl groups is 1. The Hall–Kier alpha value is -2.77. The quantitative estimate of drug-likeness (QED) is 0.538. The third-order valence-corrected chi connectivity index (χ3v) is 4.98. The minimum Gasteiger partial charge on any atom is -0.396 e. The molecule has 0 atom stereocenters. The number of aromatic nitrogens is 2. The van der Waals surface area contributed by atoms with E-state index in [-0.39, 0.29) is 12.5 Å². The predicted molar refractivity (Wildman–Crippen MR) is 113 cm³/mol. The molecule has 3 aromatic rings. The van der Waals surface area contributed by atoms with Crippen molar-refractivity contribution in [3.8, 4) is 10.6 Å². The van der Waals surface area contributed by atoms with Crippen LogP contribution < -0.4 is 10.6 Å². The highest BCUT2D eigenvalue weighted by Crippen LogP contribution is 2.26. The molecule has 0 saturated heterocycles. The van der Waals surface area contributed by atoms with E-state index in [0.29, 0.717) is 30.4 Å². The van der Waals surface area contributed by atoms with Crippen molar-refractivity contribution in [3.63, 3.8) is 0 Å². The number of aliphatic hydroxyl groups excluding tert-OH is 1. The molecule has 6 nitrogen and oxygen atoms in total. The summed E-state index contributed by atoms with van der Waals surface area (Å²) >= 11 is 1.48. The van der Waals surface area contributed by atoms with Gasteiger partial charge in [-0.3, -0.25) is 4.79 Å². The first-order valence-corrected chi connectivity index (χ1v) is 10.1. The fraction of sp³-hybridized carbons (Fsp3) is 0.286. The highest BCUT2D eigenvalue weighted by molar-refractivity contribution is 7.13. The van der Waals surface area contributed by atoms with Gasteiger partial charge < -0.3 is 15.7 Å². The van der Waals surface area contributed by atoms with E-state index in [2.05, 4.69) is 34.4 Å². The number of benzene rings is 1. The summed E-state index contributed by atoms with van der Waals surface area (Å²) in [5.74, 6) is 0.829. The Kier molecular flexibility index (Phi) is 6.73. The predicted octanol–water partition coefficient (Wildman–Crippen LogP) is 3.87. The lowest BCUT2D eigenvalue weighted by Gasteiger charge is -2.07. The number of carbonyl (C=O) groups is 1. The van der Waals surface area contributed by atoms with Crippen LogP contribution in [0.5, 0.6) is 0 Å². The van der Waals surface area contributed by atoms with E-state index in [0.717, 1.165) is 21.8 Å². The molecule has 3 rings (SSSR count). The summed E-state index contributed by atoms with van der Waals surface area (Å²) in [6, 6.07) is 11.5. The SMILES string of the molecule is CC(C)CNC(=O)c1csc(-c2ccnc(Nc3cccc(CCO)c3)n2)c1. The van der Waals surface area contributed by atoms with Crippen LogP contribution >= 0.6 is 11.3 Å². The van der Waals surface area contributed by atoms with E-state index in [9.17, 15) is 4.79 Å². The maximum absolute atomic E-state index is 12.2. The third-order valence-electron chi connectivity index (χ3n) is 4.02. The van der Waals surface area contributed by atoms with E-state index >= 15 is 0 Å². The van der Waals surface area contributed by atoms with Crippen LogP contribution in [0.15, 0.2) is 48.0 Å². The van der Waals surface area contributed by atoms with Crippen molar-refractivity contribution in [3.05, 3.63) is 59.1 Å². The molecule has 0 spiro atoms. The lowest BCUT2D eigenvalue weighted by Crippen LogP contribution is -2.26. The van der Waals surface area contributed by atoms with Gasteiger partial charge in [-0.15, -0.1) is 11.3 Å². The second-order valence-electron chi connectivity index (χ2n) is 6.87. The van der Waals surface area contributed by atoms with Gasteiger partial charge in [0.15, 0.2) is 0 Å². The Labute approximate surface area is 168 Å². The average Bonchev–Trinajstić information content (AvgIpc) is 3.17. The molecule has 0 unspecified atom stereocenters. The molecule has 28 heavy (non-hydrogen) atoms. The third kappa shape index (κ3) is 5.37. The van der Waals surface area contributed by atoms with Crippen molar-refractivity contribution in [1.29, 1.82) is 0 Å². The number of hydrogen-bond acceptors (Lipinski definition) is 6. The van der Waals surface area contributed by atoms with E-state index in [1.807, 2.05) is 41.8 Å². The van der Waals surface area contributed by atoms with Gasteiger partial charge in [-0.05, 0) is 42.2 Å². The molecule has 1 amide bonds. The fourth-order valence-corrected chi connectivity index (χ4v) is 3.47. The van der Waals surface area contributed by atoms with Crippen molar-refractivity contribution < 1.29 is 9.90 Å². The van der Waals surface area contributed by atoms with E-state index in [1.165, 1.54) is 11.3 Å². The topological polar surface area (TPSA) is 87.1 Å². The van der Waals surface area contributed by atoms with Crippen LogP contribution in [0.25, 0.3) is 10.6 Å². The zero-order chi connectivity index (χ0) is 19.9. The summed E-state index contributed by atoms with van der Waals surface area (Å²) in [6.07, 6.45) is 2.30. The van der Waals surface area contributed by atoms with Gasteiger partial charge in [0, 0.05) is 30.4 Å². The molecule has 0 aliphatic carbocycles. The van der Waals surface area contributed by atoms with Crippen LogP contribution in [0.2, 0.25) is 0 Å². The second kappa shape index (κ2) is 9.43. The van der Waals surface area contributed by atoms with Gasteiger partial charge in [0.25, 0.3) is 5.91 Å². The number of carbonyl (C=O) groups excluding carboxylic acids is 1. The van der Waals surface area contributed by atoms with Crippen molar-refractivity contribution in [2.45, 2.75) is 20.3 Å². The number of thiophene rings is 1. The molecule has 7 heteroatoms. The van der Waals surface area contributed by atoms with Crippen molar-refractivity contribution in [1.82, 2.24) is 15.3 Å². The van der Waals surface area contributed by atoms with Gasteiger partial charge in [-0.2, -0.15) is 0 Å². The largest absolute Gasteiger partial charge is 0.396 e. The second-order valence-corrected chi connectivity index (χ2v) is 7.78. The average molecular weight is 397 g/mol. The monoisotopic (exact) mass is 396 g/mol. The summed E-state index contributed by atoms with van der Waals surface area (Å²) in [5, 5.41) is 17.1. The first-order chi connectivity index (χ1) is 13.5. The number of rotatable bonds is 8. The van der Waals surface area contributed by atoms with E-state index < -0.39 is 0 Å². The van der Waals surface area contributed by atoms with Gasteiger partial charge in [-0.25, -0.2) is 9.97 Å². The number of hydrogen-bond donors (Lipinski definition) is 3. The van der Waals surface area contributed by atoms with E-state index in [4.69, 9.17) is 5.11 Å². The fourth-order valence-electron chi connectivity index (χ4n) is 2.61. The van der Waals surface area contributed by atoms with Crippen molar-refractivity contribution >= 4 is 28.9 Å². The molecule has 0 radical (unpaired) electrons. The summed E-state index contributed by atoms with van der Waals surface area (Å²) in [7, 11) is 0. The summed E-state index contributed by atoms with van der Waals surface area (Å²) in [5.41, 5.74) is 3.31. The molecular formula is C21H24N4O2S. The number of nitrogens with one attached hydrogen (secondary N) is 2. The molecule has 0 fully saturated rings.